The summed E-state index contributed by atoms with van der Waals surface area (Å²) in [5, 5.41) is -4.12. The van der Waals surface area contributed by atoms with Gasteiger partial charge in [0.2, 0.25) is 0 Å². The van der Waals surface area contributed by atoms with E-state index in [1.54, 1.807) is 0 Å². The van der Waals surface area contributed by atoms with Gasteiger partial charge in [0.15, 0.2) is 0 Å². The van der Waals surface area contributed by atoms with E-state index in [0.717, 1.165) is 0 Å². The molecule has 0 spiro atoms. The first-order chi connectivity index (χ1) is 27.5. The molecule has 172 valence electrons. The third kappa shape index (κ3) is 3.04. The Morgan fingerprint density at radius 2 is 1.22 bits per heavy atom. The molecule has 0 aliphatic carbocycles. The van der Waals surface area contributed by atoms with Crippen LogP contribution >= 0.6 is 0 Å². The molecule has 0 aliphatic heterocycles. The van der Waals surface area contributed by atoms with E-state index in [-0.39, 0.29) is 0 Å². The number of benzene rings is 7. The molecule has 7 aromatic carbocycles. The zero-order valence-corrected chi connectivity index (χ0v) is 18.4. The number of furan rings is 1. The van der Waals surface area contributed by atoms with Crippen molar-refractivity contribution in [1.29, 1.82) is 0 Å². The molecule has 0 bridgehead atoms. The number of hydrogen-bond acceptors (Lipinski definition) is 1. The van der Waals surface area contributed by atoms with Gasteiger partial charge in [-0.15, -0.1) is 0 Å². The highest BCUT2D eigenvalue weighted by Gasteiger charge is 2.18. The van der Waals surface area contributed by atoms with Gasteiger partial charge in [0, 0.05) is 10.8 Å². The van der Waals surface area contributed by atoms with Gasteiger partial charge < -0.3 is 4.42 Å². The molecule has 8 aromatic rings. The second-order valence-electron chi connectivity index (χ2n) is 8.01. The molecule has 0 amide bonds. The Hall–Kier alpha value is -4.88. The van der Waals surface area contributed by atoms with Crippen molar-refractivity contribution < 1.29 is 34.6 Å². The topological polar surface area (TPSA) is 13.1 Å². The van der Waals surface area contributed by atoms with Gasteiger partial charge in [-0.2, -0.15) is 0 Å². The normalized spacial score (nSPS) is 20.1. The standard InChI is InChI=1S/C36H22O/c1-2-9-23(10-3-1)25-18-20-33-32(21-25)36-30(15-8-16-34(36)37-33)35-28-14-7-5-12-26(28)22-31-27-13-6-4-11-24(27)17-19-29(31)35/h1-22H/i1D,2D,3D,4D,5D,6D,7D,8D,9D,10D,11D,12D,13D,14D,15D,16D,17D,18D,19D,20D,21D,22D. The van der Waals surface area contributed by atoms with Crippen LogP contribution in [-0.4, -0.2) is 0 Å². The van der Waals surface area contributed by atoms with E-state index in [0.29, 0.717) is 0 Å². The van der Waals surface area contributed by atoms with Crippen molar-refractivity contribution in [3.63, 3.8) is 0 Å². The lowest BCUT2D eigenvalue weighted by Gasteiger charge is -2.15. The molecule has 8 rings (SSSR count). The maximum atomic E-state index is 9.46. The average molecular weight is 493 g/mol. The van der Waals surface area contributed by atoms with Crippen molar-refractivity contribution >= 4 is 54.3 Å². The van der Waals surface area contributed by atoms with Crippen LogP contribution in [-0.2, 0) is 0 Å². The lowest BCUT2D eigenvalue weighted by Crippen LogP contribution is -1.88. The Kier molecular flexibility index (Phi) is 1.76. The summed E-state index contributed by atoms with van der Waals surface area (Å²) in [5.41, 5.74) is -3.65. The predicted molar refractivity (Wildman–Crippen MR) is 157 cm³/mol. The predicted octanol–water partition coefficient (Wildman–Crippen LogP) is 10.4. The van der Waals surface area contributed by atoms with Crippen molar-refractivity contribution in [3.05, 3.63) is 133 Å². The fourth-order valence-electron chi connectivity index (χ4n) is 4.45. The number of fused-ring (bicyclic) bond motifs is 7. The molecule has 0 saturated carbocycles. The highest BCUT2D eigenvalue weighted by Crippen LogP contribution is 2.44. The molecule has 0 N–H and O–H groups in total. The lowest BCUT2D eigenvalue weighted by atomic mass is 9.88. The molecular weight excluding hydrogens is 448 g/mol. The summed E-state index contributed by atoms with van der Waals surface area (Å²) in [6.45, 7) is 0. The summed E-state index contributed by atoms with van der Waals surface area (Å²) in [6.07, 6.45) is 0. The van der Waals surface area contributed by atoms with E-state index in [2.05, 4.69) is 0 Å². The third-order valence-corrected chi connectivity index (χ3v) is 6.01. The highest BCUT2D eigenvalue weighted by molar-refractivity contribution is 6.24. The van der Waals surface area contributed by atoms with Crippen molar-refractivity contribution in [2.45, 2.75) is 0 Å². The third-order valence-electron chi connectivity index (χ3n) is 6.01. The van der Waals surface area contributed by atoms with Crippen molar-refractivity contribution in [1.82, 2.24) is 0 Å². The Bertz CT molecular complexity index is 3320. The molecule has 0 fully saturated rings. The minimum absolute atomic E-state index is 0.479. The largest absolute Gasteiger partial charge is 0.456 e. The Balaban J connectivity index is 1.77. The molecule has 0 radical (unpaired) electrons. The van der Waals surface area contributed by atoms with E-state index in [9.17, 15) is 5.48 Å². The molecule has 0 unspecified atom stereocenters. The number of hydrogen-bond donors (Lipinski definition) is 0. The minimum atomic E-state index is -0.885. The van der Waals surface area contributed by atoms with Crippen LogP contribution in [0.15, 0.2) is 137 Å². The van der Waals surface area contributed by atoms with Gasteiger partial charge in [-0.05, 0) is 78.7 Å². The van der Waals surface area contributed by atoms with Crippen LogP contribution in [0.5, 0.6) is 0 Å². The van der Waals surface area contributed by atoms with Crippen LogP contribution in [0, 0.1) is 0 Å². The zero-order chi connectivity index (χ0) is 43.5. The summed E-state index contributed by atoms with van der Waals surface area (Å²) in [4.78, 5) is 0. The maximum Gasteiger partial charge on any atom is 0.136 e. The summed E-state index contributed by atoms with van der Waals surface area (Å²) < 4.78 is 199. The molecule has 1 heterocycles. The summed E-state index contributed by atoms with van der Waals surface area (Å²) in [7, 11) is 0. The van der Waals surface area contributed by atoms with Crippen LogP contribution in [0.2, 0.25) is 0 Å². The van der Waals surface area contributed by atoms with Crippen molar-refractivity contribution in [2.24, 2.45) is 0 Å². The molecule has 0 atom stereocenters. The summed E-state index contributed by atoms with van der Waals surface area (Å²) in [6, 6.07) is -17.9. The van der Waals surface area contributed by atoms with E-state index in [1.807, 2.05) is 0 Å². The van der Waals surface area contributed by atoms with E-state index < -0.39 is 209 Å². The molecule has 0 aliphatic rings. The maximum absolute atomic E-state index is 9.46. The summed E-state index contributed by atoms with van der Waals surface area (Å²) >= 11 is 0. The van der Waals surface area contributed by atoms with Crippen molar-refractivity contribution in [2.75, 3.05) is 0 Å². The van der Waals surface area contributed by atoms with Gasteiger partial charge in [0.25, 0.3) is 0 Å². The van der Waals surface area contributed by atoms with Gasteiger partial charge in [-0.1, -0.05) is 109 Å². The molecule has 37 heavy (non-hydrogen) atoms. The second kappa shape index (κ2) is 7.81. The monoisotopic (exact) mass is 492 g/mol. The Morgan fingerprint density at radius 1 is 0.432 bits per heavy atom. The van der Waals surface area contributed by atoms with Crippen LogP contribution < -0.4 is 0 Å². The molecule has 1 aromatic heterocycles. The van der Waals surface area contributed by atoms with Crippen LogP contribution in [0.4, 0.5) is 0 Å². The first-order valence-corrected chi connectivity index (χ1v) is 10.9. The quantitative estimate of drug-likeness (QED) is 0.173. The molecule has 1 heteroatoms. The fraction of sp³-hybridized carbons (Fsp3) is 0. The first kappa shape index (κ1) is 8.33. The van der Waals surface area contributed by atoms with Gasteiger partial charge in [-0.25, -0.2) is 0 Å². The second-order valence-corrected chi connectivity index (χ2v) is 8.01. The lowest BCUT2D eigenvalue weighted by molar-refractivity contribution is 0.669. The smallest absolute Gasteiger partial charge is 0.136 e. The van der Waals surface area contributed by atoms with E-state index in [1.165, 1.54) is 0 Å². The SMILES string of the molecule is [2H]c1c([2H])c([2H])c(-c2c([2H])c([2H])c3oc4c([2H])c([2H])c([2H])c(-c5c6c([2H])c([2H])c([2H])c([2H])c6c([2H])c6c5c([2H])c([2H])c5c([2H])c([2H])c([2H])c([2H])c56)c4c3c2[2H])c([2H])c1[2H]. The van der Waals surface area contributed by atoms with Gasteiger partial charge in [0.05, 0.1) is 30.2 Å². The first-order valence-electron chi connectivity index (χ1n) is 21.9. The van der Waals surface area contributed by atoms with E-state index in [4.69, 9.17) is 29.1 Å². The average Bonchev–Trinajstić information content (AvgIpc) is 3.61. The fourth-order valence-corrected chi connectivity index (χ4v) is 4.45. The van der Waals surface area contributed by atoms with Crippen LogP contribution in [0.25, 0.3) is 76.5 Å². The molecular formula is C36H22O. The molecule has 0 saturated heterocycles. The number of rotatable bonds is 2. The van der Waals surface area contributed by atoms with Crippen molar-refractivity contribution in [3.8, 4) is 22.3 Å². The summed E-state index contributed by atoms with van der Waals surface area (Å²) in [5.74, 6) is 0. The van der Waals surface area contributed by atoms with Gasteiger partial charge in [-0.3, -0.25) is 0 Å². The van der Waals surface area contributed by atoms with Crippen LogP contribution in [0.3, 0.4) is 0 Å². The Labute approximate surface area is 245 Å². The van der Waals surface area contributed by atoms with Gasteiger partial charge in [0.1, 0.15) is 11.2 Å². The highest BCUT2D eigenvalue weighted by atomic mass is 16.3. The molecule has 1 nitrogen and oxygen atoms in total. The zero-order valence-electron chi connectivity index (χ0n) is 40.4. The minimum Gasteiger partial charge on any atom is -0.456 e. The van der Waals surface area contributed by atoms with Crippen LogP contribution in [0.1, 0.15) is 30.2 Å². The Morgan fingerprint density at radius 3 is 2.11 bits per heavy atom. The van der Waals surface area contributed by atoms with Gasteiger partial charge >= 0.3 is 0 Å². The van der Waals surface area contributed by atoms with E-state index >= 15 is 0 Å².